The van der Waals surface area contributed by atoms with Crippen molar-refractivity contribution >= 4 is 0 Å². The van der Waals surface area contributed by atoms with Crippen LogP contribution in [0.2, 0.25) is 0 Å². The van der Waals surface area contributed by atoms with Gasteiger partial charge in [-0.25, -0.2) is 0 Å². The van der Waals surface area contributed by atoms with Crippen LogP contribution in [0.4, 0.5) is 0 Å². The summed E-state index contributed by atoms with van der Waals surface area (Å²) in [5.74, 6) is 1.65. The molecule has 3 heteroatoms. The van der Waals surface area contributed by atoms with Gasteiger partial charge in [-0.1, -0.05) is 33.8 Å². The molecule has 20 heavy (non-hydrogen) atoms. The predicted molar refractivity (Wildman–Crippen MR) is 84.8 cm³/mol. The minimum Gasteiger partial charge on any atom is -0.493 e. The van der Waals surface area contributed by atoms with Gasteiger partial charge in [-0.3, -0.25) is 0 Å². The molecule has 0 unspecified atom stereocenters. The number of methoxy groups -OCH3 is 1. The molecule has 0 spiro atoms. The van der Waals surface area contributed by atoms with Crippen LogP contribution in [0, 0.1) is 5.41 Å². The largest absolute Gasteiger partial charge is 0.493 e. The lowest BCUT2D eigenvalue weighted by molar-refractivity contribution is 0.171. The van der Waals surface area contributed by atoms with Gasteiger partial charge in [0.25, 0.3) is 0 Å². The Balaban J connectivity index is 2.60. The Labute approximate surface area is 123 Å². The van der Waals surface area contributed by atoms with E-state index in [4.69, 9.17) is 9.47 Å². The smallest absolute Gasteiger partial charge is 0.161 e. The Morgan fingerprint density at radius 2 is 1.90 bits per heavy atom. The van der Waals surface area contributed by atoms with Gasteiger partial charge in [-0.2, -0.15) is 0 Å². The average molecular weight is 279 g/mol. The molecule has 0 bridgehead atoms. The summed E-state index contributed by atoms with van der Waals surface area (Å²) in [5.41, 5.74) is 1.36. The molecule has 0 aliphatic carbocycles. The molecule has 3 nitrogen and oxygen atoms in total. The SMILES string of the molecule is CCCNCC(C)(C)COc1ccc(CC)cc1OC. The number of aryl methyl sites for hydroxylation is 1. The third-order valence-electron chi connectivity index (χ3n) is 3.29. The van der Waals surface area contributed by atoms with Crippen molar-refractivity contribution in [1.29, 1.82) is 0 Å². The van der Waals surface area contributed by atoms with Gasteiger partial charge in [0.1, 0.15) is 0 Å². The van der Waals surface area contributed by atoms with Gasteiger partial charge in [0.15, 0.2) is 11.5 Å². The van der Waals surface area contributed by atoms with Crippen molar-refractivity contribution < 1.29 is 9.47 Å². The zero-order chi connectivity index (χ0) is 15.0. The van der Waals surface area contributed by atoms with Crippen LogP contribution in [-0.2, 0) is 6.42 Å². The fourth-order valence-electron chi connectivity index (χ4n) is 1.98. The first-order valence-electron chi connectivity index (χ1n) is 7.53. The molecule has 0 saturated heterocycles. The average Bonchev–Trinajstić information content (AvgIpc) is 2.45. The first-order valence-corrected chi connectivity index (χ1v) is 7.53. The molecule has 0 saturated carbocycles. The van der Waals surface area contributed by atoms with Crippen LogP contribution >= 0.6 is 0 Å². The molecular formula is C17H29NO2. The normalized spacial score (nSPS) is 11.4. The van der Waals surface area contributed by atoms with E-state index in [1.54, 1.807) is 7.11 Å². The highest BCUT2D eigenvalue weighted by molar-refractivity contribution is 5.43. The van der Waals surface area contributed by atoms with E-state index in [1.807, 2.05) is 6.07 Å². The molecule has 1 rings (SSSR count). The van der Waals surface area contributed by atoms with Crippen molar-refractivity contribution in [2.24, 2.45) is 5.41 Å². The molecule has 1 aromatic rings. The van der Waals surface area contributed by atoms with Crippen molar-refractivity contribution in [3.05, 3.63) is 23.8 Å². The summed E-state index contributed by atoms with van der Waals surface area (Å²) in [6, 6.07) is 6.16. The van der Waals surface area contributed by atoms with E-state index < -0.39 is 0 Å². The molecule has 0 aromatic heterocycles. The van der Waals surface area contributed by atoms with Crippen molar-refractivity contribution in [3.8, 4) is 11.5 Å². The van der Waals surface area contributed by atoms with Gasteiger partial charge in [0.05, 0.1) is 13.7 Å². The van der Waals surface area contributed by atoms with E-state index in [-0.39, 0.29) is 5.41 Å². The summed E-state index contributed by atoms with van der Waals surface area (Å²) < 4.78 is 11.4. The summed E-state index contributed by atoms with van der Waals surface area (Å²) in [7, 11) is 1.69. The van der Waals surface area contributed by atoms with Crippen LogP contribution in [0.3, 0.4) is 0 Å². The van der Waals surface area contributed by atoms with Gasteiger partial charge < -0.3 is 14.8 Å². The van der Waals surface area contributed by atoms with E-state index >= 15 is 0 Å². The van der Waals surface area contributed by atoms with E-state index in [0.717, 1.165) is 37.4 Å². The van der Waals surface area contributed by atoms with E-state index in [1.165, 1.54) is 5.56 Å². The maximum atomic E-state index is 5.96. The Hall–Kier alpha value is -1.22. The van der Waals surface area contributed by atoms with Crippen molar-refractivity contribution in [3.63, 3.8) is 0 Å². The second-order valence-corrected chi connectivity index (χ2v) is 5.97. The van der Waals surface area contributed by atoms with E-state index in [9.17, 15) is 0 Å². The highest BCUT2D eigenvalue weighted by Gasteiger charge is 2.19. The van der Waals surface area contributed by atoms with Gasteiger partial charge in [-0.15, -0.1) is 0 Å². The third kappa shape index (κ3) is 5.41. The van der Waals surface area contributed by atoms with E-state index in [2.05, 4.69) is 45.1 Å². The maximum Gasteiger partial charge on any atom is 0.161 e. The van der Waals surface area contributed by atoms with Gasteiger partial charge in [0, 0.05) is 12.0 Å². The number of hydrogen-bond donors (Lipinski definition) is 1. The van der Waals surface area contributed by atoms with Crippen LogP contribution in [0.25, 0.3) is 0 Å². The molecule has 0 radical (unpaired) electrons. The molecule has 0 fully saturated rings. The van der Waals surface area contributed by atoms with Crippen LogP contribution < -0.4 is 14.8 Å². The number of nitrogens with one attached hydrogen (secondary N) is 1. The lowest BCUT2D eigenvalue weighted by atomic mass is 9.95. The Bertz CT molecular complexity index is 402. The molecular weight excluding hydrogens is 250 g/mol. The zero-order valence-electron chi connectivity index (χ0n) is 13.6. The van der Waals surface area contributed by atoms with Crippen molar-refractivity contribution in [2.75, 3.05) is 26.8 Å². The van der Waals surface area contributed by atoms with Gasteiger partial charge >= 0.3 is 0 Å². The van der Waals surface area contributed by atoms with Crippen molar-refractivity contribution in [1.82, 2.24) is 5.32 Å². The molecule has 114 valence electrons. The minimum atomic E-state index is 0.101. The summed E-state index contributed by atoms with van der Waals surface area (Å²) in [5, 5.41) is 3.45. The van der Waals surface area contributed by atoms with Crippen LogP contribution in [-0.4, -0.2) is 26.8 Å². The Morgan fingerprint density at radius 1 is 1.15 bits per heavy atom. The topological polar surface area (TPSA) is 30.5 Å². The quantitative estimate of drug-likeness (QED) is 0.700. The third-order valence-corrected chi connectivity index (χ3v) is 3.29. The molecule has 0 aliphatic heterocycles. The second-order valence-electron chi connectivity index (χ2n) is 5.97. The van der Waals surface area contributed by atoms with Gasteiger partial charge in [-0.05, 0) is 37.1 Å². The standard InChI is InChI=1S/C17H29NO2/c1-6-10-18-12-17(3,4)13-20-15-9-8-14(7-2)11-16(15)19-5/h8-9,11,18H,6-7,10,12-13H2,1-5H3. The monoisotopic (exact) mass is 279 g/mol. The molecule has 0 aliphatic rings. The minimum absolute atomic E-state index is 0.101. The number of benzene rings is 1. The number of rotatable bonds is 9. The van der Waals surface area contributed by atoms with Crippen molar-refractivity contribution in [2.45, 2.75) is 40.5 Å². The van der Waals surface area contributed by atoms with Crippen LogP contribution in [0.1, 0.15) is 39.7 Å². The fourth-order valence-corrected chi connectivity index (χ4v) is 1.98. The number of hydrogen-bond acceptors (Lipinski definition) is 3. The lowest BCUT2D eigenvalue weighted by Crippen LogP contribution is -2.34. The highest BCUT2D eigenvalue weighted by atomic mass is 16.5. The van der Waals surface area contributed by atoms with Gasteiger partial charge in [0.2, 0.25) is 0 Å². The second kappa shape index (κ2) is 8.15. The predicted octanol–water partition coefficient (Wildman–Crippen LogP) is 3.66. The molecule has 0 heterocycles. The first-order chi connectivity index (χ1) is 9.52. The molecule has 1 aromatic carbocycles. The summed E-state index contributed by atoms with van der Waals surface area (Å²) >= 11 is 0. The first kappa shape index (κ1) is 16.8. The van der Waals surface area contributed by atoms with E-state index in [0.29, 0.717) is 6.61 Å². The Morgan fingerprint density at radius 3 is 2.50 bits per heavy atom. The Kier molecular flexibility index (Phi) is 6.86. The fraction of sp³-hybridized carbons (Fsp3) is 0.647. The molecule has 1 N–H and O–H groups in total. The summed E-state index contributed by atoms with van der Waals surface area (Å²) in [6.45, 7) is 11.4. The highest BCUT2D eigenvalue weighted by Crippen LogP contribution is 2.29. The van der Waals surface area contributed by atoms with Crippen LogP contribution in [0.5, 0.6) is 11.5 Å². The molecule has 0 atom stereocenters. The maximum absolute atomic E-state index is 5.96. The summed E-state index contributed by atoms with van der Waals surface area (Å²) in [6.07, 6.45) is 2.16. The summed E-state index contributed by atoms with van der Waals surface area (Å²) in [4.78, 5) is 0. The number of ether oxygens (including phenoxy) is 2. The van der Waals surface area contributed by atoms with Crippen LogP contribution in [0.15, 0.2) is 18.2 Å². The molecule has 0 amide bonds. The zero-order valence-corrected chi connectivity index (χ0v) is 13.6. The lowest BCUT2D eigenvalue weighted by Gasteiger charge is -2.25.